The SMILES string of the molecule is CCN(C(=O)[C@H](C)OC(=O)c1ccc(Cl)c(Cl)c1)[C@H]1CCS(=O)(=O)C1. The first-order valence-corrected chi connectivity index (χ1v) is 10.4. The Morgan fingerprint density at radius 1 is 1.32 bits per heavy atom. The molecule has 1 heterocycles. The molecule has 0 N–H and O–H groups in total. The van der Waals surface area contributed by atoms with Crippen LogP contribution in [0.1, 0.15) is 30.6 Å². The summed E-state index contributed by atoms with van der Waals surface area (Å²) >= 11 is 11.7. The number of ether oxygens (including phenoxy) is 1. The van der Waals surface area contributed by atoms with Crippen molar-refractivity contribution in [2.45, 2.75) is 32.4 Å². The van der Waals surface area contributed by atoms with Gasteiger partial charge in [-0.2, -0.15) is 0 Å². The summed E-state index contributed by atoms with van der Waals surface area (Å²) in [5, 5.41) is 0.517. The molecule has 1 amide bonds. The normalized spacial score (nSPS) is 20.1. The number of esters is 1. The van der Waals surface area contributed by atoms with Crippen LogP contribution < -0.4 is 0 Å². The zero-order chi connectivity index (χ0) is 18.8. The Labute approximate surface area is 157 Å². The number of hydrogen-bond acceptors (Lipinski definition) is 5. The summed E-state index contributed by atoms with van der Waals surface area (Å²) in [5.74, 6) is -1.11. The monoisotopic (exact) mass is 407 g/mol. The number of nitrogens with zero attached hydrogens (tertiary/aromatic N) is 1. The van der Waals surface area contributed by atoms with Gasteiger partial charge >= 0.3 is 5.97 Å². The second-order valence-corrected chi connectivity index (χ2v) is 8.90. The molecule has 1 aliphatic rings. The average molecular weight is 408 g/mol. The van der Waals surface area contributed by atoms with Gasteiger partial charge in [0.05, 0.1) is 27.1 Å². The highest BCUT2D eigenvalue weighted by molar-refractivity contribution is 7.91. The molecule has 0 unspecified atom stereocenters. The van der Waals surface area contributed by atoms with Crippen LogP contribution in [0.25, 0.3) is 0 Å². The van der Waals surface area contributed by atoms with Gasteiger partial charge in [0.2, 0.25) is 0 Å². The fourth-order valence-corrected chi connectivity index (χ4v) is 4.78. The first-order valence-electron chi connectivity index (χ1n) is 7.81. The van der Waals surface area contributed by atoms with E-state index in [9.17, 15) is 18.0 Å². The Morgan fingerprint density at radius 3 is 2.52 bits per heavy atom. The van der Waals surface area contributed by atoms with Crippen LogP contribution in [0.5, 0.6) is 0 Å². The van der Waals surface area contributed by atoms with E-state index in [1.807, 2.05) is 0 Å². The van der Waals surface area contributed by atoms with E-state index in [1.54, 1.807) is 6.92 Å². The summed E-state index contributed by atoms with van der Waals surface area (Å²) < 4.78 is 28.5. The third-order valence-corrected chi connectivity index (χ3v) is 6.55. The van der Waals surface area contributed by atoms with Crippen molar-refractivity contribution in [2.75, 3.05) is 18.1 Å². The number of halogens is 2. The Hall–Kier alpha value is -1.31. The molecule has 1 aliphatic heterocycles. The molecule has 0 bridgehead atoms. The highest BCUT2D eigenvalue weighted by atomic mass is 35.5. The van der Waals surface area contributed by atoms with E-state index in [-0.39, 0.29) is 28.1 Å². The minimum Gasteiger partial charge on any atom is -0.449 e. The van der Waals surface area contributed by atoms with Crippen LogP contribution in [0.4, 0.5) is 0 Å². The van der Waals surface area contributed by atoms with Gasteiger partial charge in [0, 0.05) is 12.6 Å². The molecule has 138 valence electrons. The topological polar surface area (TPSA) is 80.8 Å². The van der Waals surface area contributed by atoms with Gasteiger partial charge in [-0.25, -0.2) is 13.2 Å². The first kappa shape index (κ1) is 20.0. The molecule has 1 fully saturated rings. The molecule has 1 saturated heterocycles. The number of carbonyl (C=O) groups is 2. The van der Waals surface area contributed by atoms with E-state index in [0.29, 0.717) is 18.0 Å². The van der Waals surface area contributed by atoms with E-state index in [2.05, 4.69) is 0 Å². The number of sulfone groups is 1. The summed E-state index contributed by atoms with van der Waals surface area (Å²) in [4.78, 5) is 26.2. The van der Waals surface area contributed by atoms with Gasteiger partial charge in [-0.05, 0) is 38.5 Å². The smallest absolute Gasteiger partial charge is 0.338 e. The maximum absolute atomic E-state index is 12.6. The van der Waals surface area contributed by atoms with Crippen molar-refractivity contribution in [1.29, 1.82) is 0 Å². The van der Waals surface area contributed by atoms with Gasteiger partial charge in [0.15, 0.2) is 15.9 Å². The maximum atomic E-state index is 12.6. The molecule has 1 aromatic carbocycles. The molecule has 0 spiro atoms. The molecule has 0 saturated carbocycles. The Morgan fingerprint density at radius 2 is 2.00 bits per heavy atom. The van der Waals surface area contributed by atoms with Crippen LogP contribution >= 0.6 is 23.2 Å². The lowest BCUT2D eigenvalue weighted by Crippen LogP contribution is -2.46. The van der Waals surface area contributed by atoms with Crippen molar-refractivity contribution in [1.82, 2.24) is 4.90 Å². The molecular weight excluding hydrogens is 389 g/mol. The third kappa shape index (κ3) is 4.86. The van der Waals surface area contributed by atoms with Gasteiger partial charge in [-0.3, -0.25) is 4.79 Å². The van der Waals surface area contributed by atoms with Crippen molar-refractivity contribution >= 4 is 44.9 Å². The van der Waals surface area contributed by atoms with E-state index < -0.39 is 27.8 Å². The van der Waals surface area contributed by atoms with Gasteiger partial charge in [0.25, 0.3) is 5.91 Å². The van der Waals surface area contributed by atoms with Crippen LogP contribution in [0.15, 0.2) is 18.2 Å². The number of hydrogen-bond donors (Lipinski definition) is 0. The van der Waals surface area contributed by atoms with Gasteiger partial charge < -0.3 is 9.64 Å². The number of likely N-dealkylation sites (N-methyl/N-ethyl adjacent to an activating group) is 1. The summed E-state index contributed by atoms with van der Waals surface area (Å²) in [6, 6.07) is 3.90. The van der Waals surface area contributed by atoms with Crippen LogP contribution in [-0.4, -0.2) is 55.4 Å². The summed E-state index contributed by atoms with van der Waals surface area (Å²) in [7, 11) is -3.11. The average Bonchev–Trinajstić information content (AvgIpc) is 2.90. The van der Waals surface area contributed by atoms with Crippen LogP contribution in [0, 0.1) is 0 Å². The van der Waals surface area contributed by atoms with E-state index in [4.69, 9.17) is 27.9 Å². The molecule has 25 heavy (non-hydrogen) atoms. The standard InChI is InChI=1S/C16H19Cl2NO5S/c1-3-19(12-6-7-25(22,23)9-12)15(20)10(2)24-16(21)11-4-5-13(17)14(18)8-11/h4-5,8,10,12H,3,6-7,9H2,1-2H3/t10-,12-/m0/s1. The number of amides is 1. The second kappa shape index (κ2) is 7.93. The first-order chi connectivity index (χ1) is 11.6. The lowest BCUT2D eigenvalue weighted by molar-refractivity contribution is -0.141. The predicted octanol–water partition coefficient (Wildman–Crippen LogP) is 2.57. The van der Waals surface area contributed by atoms with Crippen LogP contribution in [-0.2, 0) is 19.4 Å². The molecule has 6 nitrogen and oxygen atoms in total. The van der Waals surface area contributed by atoms with Crippen LogP contribution in [0.2, 0.25) is 10.0 Å². The molecular formula is C16H19Cl2NO5S. The van der Waals surface area contributed by atoms with Gasteiger partial charge in [-0.15, -0.1) is 0 Å². The predicted molar refractivity (Wildman–Crippen MR) is 95.8 cm³/mol. The Bertz CT molecular complexity index is 781. The molecule has 9 heteroatoms. The second-order valence-electron chi connectivity index (χ2n) is 5.86. The Kier molecular flexibility index (Phi) is 6.35. The molecule has 0 radical (unpaired) electrons. The van der Waals surface area contributed by atoms with Crippen molar-refractivity contribution in [3.8, 4) is 0 Å². The minimum absolute atomic E-state index is 0.0555. The van der Waals surface area contributed by atoms with Gasteiger partial charge in [-0.1, -0.05) is 23.2 Å². The van der Waals surface area contributed by atoms with Crippen molar-refractivity contribution in [2.24, 2.45) is 0 Å². The third-order valence-electron chi connectivity index (χ3n) is 4.06. The van der Waals surface area contributed by atoms with Crippen molar-refractivity contribution < 1.29 is 22.7 Å². The quantitative estimate of drug-likeness (QED) is 0.700. The van der Waals surface area contributed by atoms with Gasteiger partial charge in [0.1, 0.15) is 0 Å². The Balaban J connectivity index is 2.05. The van der Waals surface area contributed by atoms with E-state index in [1.165, 1.54) is 30.0 Å². The molecule has 0 aliphatic carbocycles. The molecule has 0 aromatic heterocycles. The van der Waals surface area contributed by atoms with Crippen molar-refractivity contribution in [3.63, 3.8) is 0 Å². The molecule has 2 atom stereocenters. The number of benzene rings is 1. The highest BCUT2D eigenvalue weighted by Crippen LogP contribution is 2.23. The number of carbonyl (C=O) groups excluding carboxylic acids is 2. The largest absolute Gasteiger partial charge is 0.449 e. The molecule has 1 aromatic rings. The number of rotatable bonds is 5. The lowest BCUT2D eigenvalue weighted by atomic mass is 10.2. The van der Waals surface area contributed by atoms with Crippen LogP contribution in [0.3, 0.4) is 0 Å². The summed E-state index contributed by atoms with van der Waals surface area (Å²) in [6.45, 7) is 3.56. The van der Waals surface area contributed by atoms with E-state index >= 15 is 0 Å². The lowest BCUT2D eigenvalue weighted by Gasteiger charge is -2.29. The maximum Gasteiger partial charge on any atom is 0.338 e. The fraction of sp³-hybridized carbons (Fsp3) is 0.500. The molecule has 2 rings (SSSR count). The zero-order valence-electron chi connectivity index (χ0n) is 13.9. The van der Waals surface area contributed by atoms with Crippen molar-refractivity contribution in [3.05, 3.63) is 33.8 Å². The highest BCUT2D eigenvalue weighted by Gasteiger charge is 2.36. The van der Waals surface area contributed by atoms with E-state index in [0.717, 1.165) is 0 Å². The minimum atomic E-state index is -3.11. The summed E-state index contributed by atoms with van der Waals surface area (Å²) in [5.41, 5.74) is 0.181. The zero-order valence-corrected chi connectivity index (χ0v) is 16.2. The summed E-state index contributed by atoms with van der Waals surface area (Å²) in [6.07, 6.45) is -0.639. The fourth-order valence-electron chi connectivity index (χ4n) is 2.75.